The van der Waals surface area contributed by atoms with Crippen LogP contribution >= 0.6 is 0 Å². The minimum absolute atomic E-state index is 0.0420. The van der Waals surface area contributed by atoms with Crippen molar-refractivity contribution in [2.75, 3.05) is 9.80 Å². The van der Waals surface area contributed by atoms with Crippen LogP contribution in [-0.4, -0.2) is 11.0 Å². The summed E-state index contributed by atoms with van der Waals surface area (Å²) < 4.78 is 6.23. The van der Waals surface area contributed by atoms with E-state index in [9.17, 15) is 0 Å². The van der Waals surface area contributed by atoms with E-state index in [2.05, 4.69) is 203 Å². The maximum atomic E-state index is 6.23. The van der Waals surface area contributed by atoms with Gasteiger partial charge in [-0.2, -0.15) is 0 Å². The van der Waals surface area contributed by atoms with Gasteiger partial charge in [0.2, 0.25) is 0 Å². The molecule has 0 saturated carbocycles. The molecule has 0 N–H and O–H groups in total. The Kier molecular flexibility index (Phi) is 7.63. The fraction of sp³-hybridized carbons (Fsp3) is 0.0364. The number of pyridine rings is 1. The number of rotatable bonds is 6. The summed E-state index contributed by atoms with van der Waals surface area (Å²) in [5.41, 5.74) is 12.2. The highest BCUT2D eigenvalue weighted by Crippen LogP contribution is 2.55. The molecule has 0 amide bonds. The maximum absolute atomic E-state index is 6.23. The van der Waals surface area contributed by atoms with Gasteiger partial charge in [0, 0.05) is 51.9 Å². The topological polar surface area (TPSA) is 32.5 Å². The second kappa shape index (κ2) is 13.5. The first kappa shape index (κ1) is 33.4. The highest BCUT2D eigenvalue weighted by molar-refractivity contribution is 6.17. The van der Waals surface area contributed by atoms with Gasteiger partial charge in [-0.05, 0) is 123 Å². The molecule has 1 aliphatic carbocycles. The zero-order valence-corrected chi connectivity index (χ0v) is 32.1. The summed E-state index contributed by atoms with van der Waals surface area (Å²) in [4.78, 5) is 9.49. The Hall–Kier alpha value is -7.69. The van der Waals surface area contributed by atoms with Crippen molar-refractivity contribution < 1.29 is 4.42 Å². The van der Waals surface area contributed by atoms with Crippen molar-refractivity contribution >= 4 is 66.2 Å². The van der Waals surface area contributed by atoms with Crippen LogP contribution in [0.1, 0.15) is 11.5 Å². The van der Waals surface area contributed by atoms with Crippen LogP contribution in [0.2, 0.25) is 0 Å². The molecule has 2 atom stereocenters. The molecule has 59 heavy (non-hydrogen) atoms. The summed E-state index contributed by atoms with van der Waals surface area (Å²) >= 11 is 0. The molecular weight excluding hydrogens is 719 g/mol. The molecule has 1 aliphatic heterocycles. The number of benzene rings is 8. The van der Waals surface area contributed by atoms with Gasteiger partial charge in [-0.3, -0.25) is 4.98 Å². The third-order valence-corrected chi connectivity index (χ3v) is 12.2. The Labute approximate surface area is 342 Å². The summed E-state index contributed by atoms with van der Waals surface area (Å²) in [6.45, 7) is 0. The van der Waals surface area contributed by atoms with E-state index in [4.69, 9.17) is 4.42 Å². The molecular formula is C55H37N3O. The van der Waals surface area contributed by atoms with Gasteiger partial charge in [-0.15, -0.1) is 0 Å². The molecule has 0 bridgehead atoms. The van der Waals surface area contributed by atoms with Crippen molar-refractivity contribution in [3.63, 3.8) is 0 Å². The van der Waals surface area contributed by atoms with E-state index in [-0.39, 0.29) is 12.0 Å². The Morgan fingerprint density at radius 1 is 0.525 bits per heavy atom. The number of furan rings is 1. The van der Waals surface area contributed by atoms with Gasteiger partial charge in [0.1, 0.15) is 11.3 Å². The number of allylic oxidation sites excluding steroid dienone is 1. The van der Waals surface area contributed by atoms with Gasteiger partial charge in [0.05, 0.1) is 11.7 Å². The monoisotopic (exact) mass is 755 g/mol. The number of hydrogen-bond acceptors (Lipinski definition) is 4. The lowest BCUT2D eigenvalue weighted by molar-refractivity contribution is 0.631. The van der Waals surface area contributed by atoms with Crippen molar-refractivity contribution in [2.45, 2.75) is 12.0 Å². The number of aromatic nitrogens is 1. The van der Waals surface area contributed by atoms with E-state index in [0.717, 1.165) is 39.5 Å². The molecule has 3 heterocycles. The standard InChI is InChI=1S/C55H37N3O/c1-3-12-36(13-4-1)38-21-22-40-33-43(28-25-39(40)32-38)57(42-26-23-37(24-27-42)53-35-50-52(59-53)20-11-31-56-50)44-29-30-49-51(34-44)58(41-14-5-2-6-15-41)55-48-19-10-8-17-46(48)45-16-7-9-18-47(45)54(49)55/h1-35,49,51H. The van der Waals surface area contributed by atoms with Crippen molar-refractivity contribution in [3.05, 3.63) is 224 Å². The van der Waals surface area contributed by atoms with Crippen LogP contribution in [0, 0.1) is 0 Å². The fourth-order valence-corrected chi connectivity index (χ4v) is 9.50. The van der Waals surface area contributed by atoms with Gasteiger partial charge < -0.3 is 14.2 Å². The zero-order valence-electron chi connectivity index (χ0n) is 32.1. The van der Waals surface area contributed by atoms with Crippen molar-refractivity contribution in [1.82, 2.24) is 4.98 Å². The SMILES string of the molecule is C1=CC2c3c(c4ccccc4c4ccccc34)N(c3ccccc3)C2C=C1N(c1ccc(-c2cc3ncccc3o2)cc1)c1ccc2cc(-c3ccccc3)ccc2c1. The first-order chi connectivity index (χ1) is 29.2. The van der Waals surface area contributed by atoms with Crippen LogP contribution in [0.3, 0.4) is 0 Å². The number of para-hydroxylation sites is 1. The van der Waals surface area contributed by atoms with Crippen LogP contribution < -0.4 is 9.80 Å². The van der Waals surface area contributed by atoms with Crippen LogP contribution in [0.25, 0.3) is 65.9 Å². The first-order valence-electron chi connectivity index (χ1n) is 20.3. The predicted molar refractivity (Wildman–Crippen MR) is 245 cm³/mol. The molecule has 8 aromatic carbocycles. The summed E-state index contributed by atoms with van der Waals surface area (Å²) in [5, 5.41) is 7.57. The Morgan fingerprint density at radius 2 is 1.19 bits per heavy atom. The Bertz CT molecular complexity index is 3260. The molecule has 4 heteroatoms. The van der Waals surface area contributed by atoms with Gasteiger partial charge in [-0.25, -0.2) is 0 Å². The Morgan fingerprint density at radius 3 is 1.98 bits per heavy atom. The van der Waals surface area contributed by atoms with E-state index in [1.54, 1.807) is 6.20 Å². The predicted octanol–water partition coefficient (Wildman–Crippen LogP) is 14.5. The fourth-order valence-electron chi connectivity index (χ4n) is 9.50. The normalized spacial score (nSPS) is 15.8. The minimum atomic E-state index is 0.0420. The largest absolute Gasteiger partial charge is 0.454 e. The summed E-state index contributed by atoms with van der Waals surface area (Å²) in [7, 11) is 0. The molecule has 0 radical (unpaired) electrons. The lowest BCUT2D eigenvalue weighted by atomic mass is 9.85. The van der Waals surface area contributed by atoms with E-state index >= 15 is 0 Å². The number of hydrogen-bond donors (Lipinski definition) is 0. The summed E-state index contributed by atoms with van der Waals surface area (Å²) in [5.74, 6) is 0.959. The molecule has 2 aliphatic rings. The Balaban J connectivity index is 1.02. The molecule has 2 aromatic heterocycles. The number of nitrogens with zero attached hydrogens (tertiary/aromatic N) is 3. The third-order valence-electron chi connectivity index (χ3n) is 12.2. The number of anilines is 4. The lowest BCUT2D eigenvalue weighted by Gasteiger charge is -2.34. The van der Waals surface area contributed by atoms with Gasteiger partial charge in [-0.1, -0.05) is 121 Å². The second-order valence-electron chi connectivity index (χ2n) is 15.5. The van der Waals surface area contributed by atoms with Crippen LogP contribution in [0.5, 0.6) is 0 Å². The molecule has 0 saturated heterocycles. The van der Waals surface area contributed by atoms with Crippen molar-refractivity contribution in [3.8, 4) is 22.5 Å². The van der Waals surface area contributed by atoms with E-state index in [1.165, 1.54) is 60.4 Å². The van der Waals surface area contributed by atoms with Crippen molar-refractivity contribution in [1.29, 1.82) is 0 Å². The summed E-state index contributed by atoms with van der Waals surface area (Å²) in [6, 6.07) is 67.6. The zero-order chi connectivity index (χ0) is 38.9. The van der Waals surface area contributed by atoms with Gasteiger partial charge >= 0.3 is 0 Å². The van der Waals surface area contributed by atoms with Crippen LogP contribution in [0.15, 0.2) is 223 Å². The number of fused-ring (bicyclic) bond motifs is 10. The second-order valence-corrected chi connectivity index (χ2v) is 15.5. The smallest absolute Gasteiger partial charge is 0.153 e. The molecule has 0 fully saturated rings. The highest BCUT2D eigenvalue weighted by Gasteiger charge is 2.41. The van der Waals surface area contributed by atoms with E-state index in [1.807, 2.05) is 18.2 Å². The molecule has 10 aromatic rings. The first-order valence-corrected chi connectivity index (χ1v) is 20.3. The molecule has 0 spiro atoms. The van der Waals surface area contributed by atoms with E-state index in [0.29, 0.717) is 0 Å². The maximum Gasteiger partial charge on any atom is 0.153 e. The minimum Gasteiger partial charge on any atom is -0.454 e. The highest BCUT2D eigenvalue weighted by atomic mass is 16.3. The van der Waals surface area contributed by atoms with Gasteiger partial charge in [0.15, 0.2) is 5.58 Å². The summed E-state index contributed by atoms with van der Waals surface area (Å²) in [6.07, 6.45) is 9.07. The average molecular weight is 756 g/mol. The van der Waals surface area contributed by atoms with Gasteiger partial charge in [0.25, 0.3) is 0 Å². The molecule has 4 nitrogen and oxygen atoms in total. The third kappa shape index (κ3) is 5.49. The van der Waals surface area contributed by atoms with Crippen LogP contribution in [-0.2, 0) is 0 Å². The van der Waals surface area contributed by atoms with Crippen LogP contribution in [0.4, 0.5) is 22.7 Å². The quantitative estimate of drug-likeness (QED) is 0.158. The van der Waals surface area contributed by atoms with E-state index < -0.39 is 0 Å². The average Bonchev–Trinajstić information content (AvgIpc) is 3.90. The lowest BCUT2D eigenvalue weighted by Crippen LogP contribution is -2.31. The van der Waals surface area contributed by atoms with Crippen molar-refractivity contribution in [2.24, 2.45) is 0 Å². The molecule has 278 valence electrons. The molecule has 2 unspecified atom stereocenters. The molecule has 12 rings (SSSR count).